The maximum Gasteiger partial charge on any atom is 0.265 e. The van der Waals surface area contributed by atoms with Crippen LogP contribution in [0, 0.1) is 6.92 Å². The average Bonchev–Trinajstić information content (AvgIpc) is 2.95. The number of nitrogens with one attached hydrogen (secondary N) is 1. The molecule has 0 saturated heterocycles. The van der Waals surface area contributed by atoms with Crippen molar-refractivity contribution in [2.75, 3.05) is 5.73 Å². The van der Waals surface area contributed by atoms with Crippen molar-refractivity contribution in [3.63, 3.8) is 0 Å². The number of aromatic nitrogens is 2. The lowest BCUT2D eigenvalue weighted by atomic mass is 9.87. The Hall–Kier alpha value is -3.09. The van der Waals surface area contributed by atoms with E-state index in [4.69, 9.17) is 10.2 Å². The third-order valence-corrected chi connectivity index (χ3v) is 4.96. The smallest absolute Gasteiger partial charge is 0.265 e. The zero-order chi connectivity index (χ0) is 18.4. The van der Waals surface area contributed by atoms with Gasteiger partial charge in [-0.15, -0.1) is 0 Å². The molecule has 3 N–H and O–H groups in total. The van der Waals surface area contributed by atoms with Gasteiger partial charge in [-0.2, -0.15) is 0 Å². The zero-order valence-electron chi connectivity index (χ0n) is 14.7. The number of rotatable bonds is 2. The summed E-state index contributed by atoms with van der Waals surface area (Å²) in [5.41, 5.74) is 8.99. The molecule has 1 amide bonds. The molecule has 1 atom stereocenters. The van der Waals surface area contributed by atoms with Gasteiger partial charge in [0.25, 0.3) is 11.5 Å². The Bertz CT molecular complexity index is 1080. The maximum atomic E-state index is 13.0. The minimum absolute atomic E-state index is 0.114. The van der Waals surface area contributed by atoms with E-state index in [1.54, 1.807) is 14.0 Å². The molecule has 1 unspecified atom stereocenters. The first-order valence-corrected chi connectivity index (χ1v) is 8.59. The molecule has 26 heavy (non-hydrogen) atoms. The van der Waals surface area contributed by atoms with Crippen molar-refractivity contribution in [2.45, 2.75) is 32.2 Å². The number of nitrogen functional groups attached to an aromatic ring is 1. The molecule has 1 aliphatic rings. The van der Waals surface area contributed by atoms with Crippen molar-refractivity contribution < 1.29 is 9.21 Å². The first-order chi connectivity index (χ1) is 12.5. The Kier molecular flexibility index (Phi) is 3.79. The molecule has 2 heterocycles. The SMILES string of the molecule is Cc1oc2ncn(C)c(=O)c2c1C(=O)NC1CCCc2cc(N)ccc21. The summed E-state index contributed by atoms with van der Waals surface area (Å²) in [5, 5.41) is 3.28. The van der Waals surface area contributed by atoms with Gasteiger partial charge in [0.2, 0.25) is 5.71 Å². The third-order valence-electron chi connectivity index (χ3n) is 4.96. The molecular formula is C19H20N4O3. The number of benzene rings is 1. The molecule has 0 radical (unpaired) electrons. The summed E-state index contributed by atoms with van der Waals surface area (Å²) >= 11 is 0. The highest BCUT2D eigenvalue weighted by Gasteiger charge is 2.27. The number of aryl methyl sites for hydroxylation is 3. The molecular weight excluding hydrogens is 332 g/mol. The van der Waals surface area contributed by atoms with E-state index in [0.717, 1.165) is 36.1 Å². The van der Waals surface area contributed by atoms with E-state index in [-0.39, 0.29) is 34.2 Å². The standard InChI is InChI=1S/C19H20N4O3/c1-10-15(16-18(26-10)21-9-23(2)19(16)25)17(24)22-14-5-3-4-11-8-12(20)6-7-13(11)14/h6-9,14H,3-5,20H2,1-2H3,(H,22,24). The second-order valence-corrected chi connectivity index (χ2v) is 6.75. The van der Waals surface area contributed by atoms with Gasteiger partial charge in [0.1, 0.15) is 17.5 Å². The van der Waals surface area contributed by atoms with Crippen LogP contribution in [0.15, 0.2) is 33.7 Å². The molecule has 0 fully saturated rings. The molecule has 1 aliphatic carbocycles. The quantitative estimate of drug-likeness (QED) is 0.688. The van der Waals surface area contributed by atoms with Gasteiger partial charge in [-0.05, 0) is 49.4 Å². The molecule has 0 saturated carbocycles. The van der Waals surface area contributed by atoms with E-state index < -0.39 is 0 Å². The highest BCUT2D eigenvalue weighted by Crippen LogP contribution is 2.32. The van der Waals surface area contributed by atoms with Crippen molar-refractivity contribution >= 4 is 22.7 Å². The molecule has 2 aromatic heterocycles. The lowest BCUT2D eigenvalue weighted by molar-refractivity contribution is 0.0932. The van der Waals surface area contributed by atoms with E-state index in [1.807, 2.05) is 18.2 Å². The number of anilines is 1. The van der Waals surface area contributed by atoms with E-state index in [1.165, 1.54) is 10.9 Å². The van der Waals surface area contributed by atoms with Crippen molar-refractivity contribution in [1.82, 2.24) is 14.9 Å². The van der Waals surface area contributed by atoms with Crippen molar-refractivity contribution in [3.8, 4) is 0 Å². The average molecular weight is 352 g/mol. The Morgan fingerprint density at radius 3 is 3.04 bits per heavy atom. The minimum atomic E-state index is -0.318. The highest BCUT2D eigenvalue weighted by molar-refractivity contribution is 6.06. The molecule has 0 spiro atoms. The Morgan fingerprint density at radius 2 is 2.23 bits per heavy atom. The van der Waals surface area contributed by atoms with E-state index >= 15 is 0 Å². The number of hydrogen-bond acceptors (Lipinski definition) is 5. The van der Waals surface area contributed by atoms with Gasteiger partial charge in [-0.1, -0.05) is 6.07 Å². The second kappa shape index (κ2) is 6.01. The minimum Gasteiger partial charge on any atom is -0.442 e. The Balaban J connectivity index is 1.73. The van der Waals surface area contributed by atoms with Crippen molar-refractivity contribution in [3.05, 3.63) is 57.3 Å². The molecule has 1 aromatic carbocycles. The van der Waals surface area contributed by atoms with Crippen LogP contribution >= 0.6 is 0 Å². The van der Waals surface area contributed by atoms with Crippen LogP contribution in [-0.2, 0) is 13.5 Å². The molecule has 0 aliphatic heterocycles. The van der Waals surface area contributed by atoms with Gasteiger partial charge in [0.05, 0.1) is 11.6 Å². The fourth-order valence-corrected chi connectivity index (χ4v) is 3.68. The van der Waals surface area contributed by atoms with Crippen LogP contribution in [0.4, 0.5) is 5.69 Å². The van der Waals surface area contributed by atoms with Crippen LogP contribution in [0.2, 0.25) is 0 Å². The van der Waals surface area contributed by atoms with Gasteiger partial charge in [-0.25, -0.2) is 4.98 Å². The molecule has 7 heteroatoms. The summed E-state index contributed by atoms with van der Waals surface area (Å²) < 4.78 is 6.87. The summed E-state index contributed by atoms with van der Waals surface area (Å²) in [5.74, 6) is 0.0719. The maximum absolute atomic E-state index is 13.0. The summed E-state index contributed by atoms with van der Waals surface area (Å²) in [6, 6.07) is 5.67. The Morgan fingerprint density at radius 1 is 1.42 bits per heavy atom. The van der Waals surface area contributed by atoms with Gasteiger partial charge in [0, 0.05) is 12.7 Å². The third kappa shape index (κ3) is 2.56. The largest absolute Gasteiger partial charge is 0.442 e. The van der Waals surface area contributed by atoms with E-state index in [2.05, 4.69) is 10.3 Å². The van der Waals surface area contributed by atoms with Gasteiger partial charge >= 0.3 is 0 Å². The number of furan rings is 1. The normalized spacial score (nSPS) is 16.5. The van der Waals surface area contributed by atoms with Crippen LogP contribution in [0.1, 0.15) is 46.1 Å². The van der Waals surface area contributed by atoms with Crippen molar-refractivity contribution in [2.24, 2.45) is 7.05 Å². The van der Waals surface area contributed by atoms with Gasteiger partial charge in [0.15, 0.2) is 0 Å². The van der Waals surface area contributed by atoms with Crippen LogP contribution in [-0.4, -0.2) is 15.5 Å². The fraction of sp³-hybridized carbons (Fsp3) is 0.316. The lowest BCUT2D eigenvalue weighted by Crippen LogP contribution is -2.32. The number of nitrogens with zero attached hydrogens (tertiary/aromatic N) is 2. The number of nitrogens with two attached hydrogens (primary N) is 1. The van der Waals surface area contributed by atoms with Gasteiger partial charge < -0.3 is 20.0 Å². The van der Waals surface area contributed by atoms with E-state index in [9.17, 15) is 9.59 Å². The van der Waals surface area contributed by atoms with E-state index in [0.29, 0.717) is 5.76 Å². The summed E-state index contributed by atoms with van der Waals surface area (Å²) in [6.07, 6.45) is 4.14. The molecule has 134 valence electrons. The summed E-state index contributed by atoms with van der Waals surface area (Å²) in [7, 11) is 1.60. The first kappa shape index (κ1) is 16.4. The number of carbonyl (C=O) groups is 1. The van der Waals surface area contributed by atoms with Crippen LogP contribution < -0.4 is 16.6 Å². The monoisotopic (exact) mass is 352 g/mol. The predicted molar refractivity (Wildman–Crippen MR) is 98.0 cm³/mol. The number of hydrogen-bond donors (Lipinski definition) is 2. The van der Waals surface area contributed by atoms with Crippen LogP contribution in [0.3, 0.4) is 0 Å². The predicted octanol–water partition coefficient (Wildman–Crippen LogP) is 2.22. The first-order valence-electron chi connectivity index (χ1n) is 8.59. The number of fused-ring (bicyclic) bond motifs is 2. The van der Waals surface area contributed by atoms with Crippen LogP contribution in [0.25, 0.3) is 11.1 Å². The fourth-order valence-electron chi connectivity index (χ4n) is 3.68. The number of amides is 1. The second-order valence-electron chi connectivity index (χ2n) is 6.75. The van der Waals surface area contributed by atoms with Gasteiger partial charge in [-0.3, -0.25) is 9.59 Å². The summed E-state index contributed by atoms with van der Waals surface area (Å²) in [6.45, 7) is 1.67. The lowest BCUT2D eigenvalue weighted by Gasteiger charge is -2.26. The van der Waals surface area contributed by atoms with Crippen molar-refractivity contribution in [1.29, 1.82) is 0 Å². The zero-order valence-corrected chi connectivity index (χ0v) is 14.7. The summed E-state index contributed by atoms with van der Waals surface area (Å²) in [4.78, 5) is 29.5. The number of carbonyl (C=O) groups excluding carboxylic acids is 1. The topological polar surface area (TPSA) is 103 Å². The molecule has 0 bridgehead atoms. The molecule has 3 aromatic rings. The highest BCUT2D eigenvalue weighted by atomic mass is 16.3. The molecule has 7 nitrogen and oxygen atoms in total. The van der Waals surface area contributed by atoms with Crippen LogP contribution in [0.5, 0.6) is 0 Å². The Labute approximate surface area is 149 Å². The molecule has 4 rings (SSSR count).